The number of hydrogen-bond acceptors (Lipinski definition) is 3. The average Bonchev–Trinajstić information content (AvgIpc) is 2.66. The Bertz CT molecular complexity index is 309. The van der Waals surface area contributed by atoms with Gasteiger partial charge >= 0.3 is 0 Å². The standard InChI is InChI=1S/C15H25NO3/c1-2-3-8-14(17)16-11-13-12-18-15(19-13)9-6-4-5-7-10-15/h2,13H,1,3-12H2,(H,16,17)/t13-/m1/s1. The first kappa shape index (κ1) is 14.5. The zero-order chi connectivity index (χ0) is 13.6. The molecule has 2 aliphatic rings. The van der Waals surface area contributed by atoms with Crippen molar-refractivity contribution in [2.24, 2.45) is 0 Å². The smallest absolute Gasteiger partial charge is 0.220 e. The molecule has 2 fully saturated rings. The highest BCUT2D eigenvalue weighted by Crippen LogP contribution is 2.36. The van der Waals surface area contributed by atoms with Crippen molar-refractivity contribution in [2.45, 2.75) is 63.3 Å². The highest BCUT2D eigenvalue weighted by molar-refractivity contribution is 5.75. The Morgan fingerprint density at radius 2 is 2.05 bits per heavy atom. The summed E-state index contributed by atoms with van der Waals surface area (Å²) in [6.45, 7) is 4.76. The molecule has 1 saturated carbocycles. The van der Waals surface area contributed by atoms with Crippen LogP contribution in [0.2, 0.25) is 0 Å². The molecule has 4 heteroatoms. The number of nitrogens with one attached hydrogen (secondary N) is 1. The first-order valence-corrected chi connectivity index (χ1v) is 7.43. The van der Waals surface area contributed by atoms with Gasteiger partial charge in [0.1, 0.15) is 6.10 Å². The predicted molar refractivity (Wildman–Crippen MR) is 73.7 cm³/mol. The first-order chi connectivity index (χ1) is 9.24. The zero-order valence-electron chi connectivity index (χ0n) is 11.7. The Kier molecular flexibility index (Phi) is 5.40. The van der Waals surface area contributed by atoms with E-state index in [4.69, 9.17) is 9.47 Å². The summed E-state index contributed by atoms with van der Waals surface area (Å²) in [7, 11) is 0. The van der Waals surface area contributed by atoms with Crippen LogP contribution in [0.3, 0.4) is 0 Å². The molecule has 19 heavy (non-hydrogen) atoms. The minimum Gasteiger partial charge on any atom is -0.353 e. The molecule has 4 nitrogen and oxygen atoms in total. The van der Waals surface area contributed by atoms with E-state index >= 15 is 0 Å². The molecular formula is C15H25NO3. The third-order valence-corrected chi connectivity index (χ3v) is 3.88. The second-order valence-corrected chi connectivity index (χ2v) is 5.51. The molecule has 1 heterocycles. The first-order valence-electron chi connectivity index (χ1n) is 7.43. The van der Waals surface area contributed by atoms with Gasteiger partial charge in [0, 0.05) is 25.8 Å². The summed E-state index contributed by atoms with van der Waals surface area (Å²) in [6, 6.07) is 0. The molecule has 1 aliphatic heterocycles. The SMILES string of the molecule is C=CCCC(=O)NC[C@@H]1COC2(CCCCCC2)O1. The fourth-order valence-corrected chi connectivity index (χ4v) is 2.80. The molecule has 1 aliphatic carbocycles. The fraction of sp³-hybridized carbons (Fsp3) is 0.800. The van der Waals surface area contributed by atoms with E-state index in [1.54, 1.807) is 6.08 Å². The Morgan fingerprint density at radius 1 is 1.32 bits per heavy atom. The molecule has 0 unspecified atom stereocenters. The van der Waals surface area contributed by atoms with Gasteiger partial charge in [-0.15, -0.1) is 6.58 Å². The lowest BCUT2D eigenvalue weighted by molar-refractivity contribution is -0.175. The molecule has 0 aromatic carbocycles. The van der Waals surface area contributed by atoms with E-state index in [1.807, 2.05) is 0 Å². The van der Waals surface area contributed by atoms with Gasteiger partial charge in [-0.3, -0.25) is 4.79 Å². The van der Waals surface area contributed by atoms with Crippen molar-refractivity contribution in [1.82, 2.24) is 5.32 Å². The molecular weight excluding hydrogens is 242 g/mol. The highest BCUT2D eigenvalue weighted by Gasteiger charge is 2.41. The summed E-state index contributed by atoms with van der Waals surface area (Å²) in [5.41, 5.74) is 0. The summed E-state index contributed by atoms with van der Waals surface area (Å²) < 4.78 is 12.0. The van der Waals surface area contributed by atoms with Crippen molar-refractivity contribution in [1.29, 1.82) is 0 Å². The van der Waals surface area contributed by atoms with Crippen molar-refractivity contribution in [3.63, 3.8) is 0 Å². The lowest BCUT2D eigenvalue weighted by Crippen LogP contribution is -2.35. The number of hydrogen-bond donors (Lipinski definition) is 1. The fourth-order valence-electron chi connectivity index (χ4n) is 2.80. The molecule has 108 valence electrons. The van der Waals surface area contributed by atoms with E-state index in [9.17, 15) is 4.79 Å². The van der Waals surface area contributed by atoms with Gasteiger partial charge in [-0.2, -0.15) is 0 Å². The summed E-state index contributed by atoms with van der Waals surface area (Å²) >= 11 is 0. The maximum Gasteiger partial charge on any atom is 0.220 e. The van der Waals surface area contributed by atoms with E-state index in [2.05, 4.69) is 11.9 Å². The van der Waals surface area contributed by atoms with Crippen LogP contribution in [0.1, 0.15) is 51.4 Å². The van der Waals surface area contributed by atoms with Crippen LogP contribution in [0.25, 0.3) is 0 Å². The van der Waals surface area contributed by atoms with Crippen LogP contribution in [0, 0.1) is 0 Å². The molecule has 0 radical (unpaired) electrons. The lowest BCUT2D eigenvalue weighted by Gasteiger charge is -2.26. The lowest BCUT2D eigenvalue weighted by atomic mass is 10.1. The quantitative estimate of drug-likeness (QED) is 0.779. The van der Waals surface area contributed by atoms with Gasteiger partial charge in [0.05, 0.1) is 6.61 Å². The molecule has 1 saturated heterocycles. The van der Waals surface area contributed by atoms with E-state index in [-0.39, 0.29) is 17.8 Å². The summed E-state index contributed by atoms with van der Waals surface area (Å²) in [5.74, 6) is -0.294. The van der Waals surface area contributed by atoms with Crippen molar-refractivity contribution in [3.05, 3.63) is 12.7 Å². The van der Waals surface area contributed by atoms with Crippen LogP contribution in [-0.4, -0.2) is 30.9 Å². The third-order valence-electron chi connectivity index (χ3n) is 3.88. The predicted octanol–water partition coefficient (Wildman–Crippen LogP) is 2.53. The van der Waals surface area contributed by atoms with E-state index in [1.165, 1.54) is 25.7 Å². The number of carbonyl (C=O) groups excluding carboxylic acids is 1. The van der Waals surface area contributed by atoms with Crippen LogP contribution in [-0.2, 0) is 14.3 Å². The van der Waals surface area contributed by atoms with Crippen molar-refractivity contribution in [2.75, 3.05) is 13.2 Å². The van der Waals surface area contributed by atoms with E-state index in [0.29, 0.717) is 19.6 Å². The van der Waals surface area contributed by atoms with Crippen LogP contribution in [0.5, 0.6) is 0 Å². The Hall–Kier alpha value is -0.870. The summed E-state index contributed by atoms with van der Waals surface area (Å²) in [4.78, 5) is 11.5. The topological polar surface area (TPSA) is 47.6 Å². The molecule has 2 rings (SSSR count). The second-order valence-electron chi connectivity index (χ2n) is 5.51. The zero-order valence-corrected chi connectivity index (χ0v) is 11.7. The number of allylic oxidation sites excluding steroid dienone is 1. The molecule has 1 N–H and O–H groups in total. The molecule has 0 aromatic heterocycles. The van der Waals surface area contributed by atoms with Gasteiger partial charge in [-0.25, -0.2) is 0 Å². The summed E-state index contributed by atoms with van der Waals surface area (Å²) in [5, 5.41) is 2.91. The Labute approximate surface area is 115 Å². The van der Waals surface area contributed by atoms with Gasteiger partial charge in [0.2, 0.25) is 5.91 Å². The van der Waals surface area contributed by atoms with Crippen LogP contribution < -0.4 is 5.32 Å². The molecule has 1 atom stereocenters. The summed E-state index contributed by atoms with van der Waals surface area (Å²) in [6.07, 6.45) is 9.88. The molecule has 1 spiro atoms. The van der Waals surface area contributed by atoms with Gasteiger partial charge in [0.15, 0.2) is 5.79 Å². The molecule has 0 aromatic rings. The number of amides is 1. The van der Waals surface area contributed by atoms with Crippen molar-refractivity contribution >= 4 is 5.91 Å². The van der Waals surface area contributed by atoms with Crippen molar-refractivity contribution in [3.8, 4) is 0 Å². The van der Waals surface area contributed by atoms with Gasteiger partial charge in [-0.05, 0) is 19.3 Å². The third kappa shape index (κ3) is 4.32. The second kappa shape index (κ2) is 7.06. The molecule has 1 amide bonds. The van der Waals surface area contributed by atoms with E-state index < -0.39 is 0 Å². The van der Waals surface area contributed by atoms with Gasteiger partial charge in [-0.1, -0.05) is 18.9 Å². The van der Waals surface area contributed by atoms with Crippen molar-refractivity contribution < 1.29 is 14.3 Å². The minimum atomic E-state index is -0.354. The van der Waals surface area contributed by atoms with Gasteiger partial charge in [0.25, 0.3) is 0 Å². The van der Waals surface area contributed by atoms with Crippen LogP contribution >= 0.6 is 0 Å². The Morgan fingerprint density at radius 3 is 2.74 bits per heavy atom. The number of ether oxygens (including phenoxy) is 2. The van der Waals surface area contributed by atoms with E-state index in [0.717, 1.165) is 19.3 Å². The monoisotopic (exact) mass is 267 g/mol. The largest absolute Gasteiger partial charge is 0.353 e. The maximum atomic E-state index is 11.5. The highest BCUT2D eigenvalue weighted by atomic mass is 16.7. The average molecular weight is 267 g/mol. The van der Waals surface area contributed by atoms with Crippen LogP contribution in [0.4, 0.5) is 0 Å². The molecule has 0 bridgehead atoms. The normalized spacial score (nSPS) is 26.0. The number of rotatable bonds is 5. The number of carbonyl (C=O) groups is 1. The maximum absolute atomic E-state index is 11.5. The minimum absolute atomic E-state index is 0.00535. The van der Waals surface area contributed by atoms with Gasteiger partial charge < -0.3 is 14.8 Å². The Balaban J connectivity index is 1.72. The van der Waals surface area contributed by atoms with Crippen LogP contribution in [0.15, 0.2) is 12.7 Å².